The highest BCUT2D eigenvalue weighted by Gasteiger charge is 2.28. The Kier molecular flexibility index (Phi) is 5.52. The van der Waals surface area contributed by atoms with E-state index in [4.69, 9.17) is 16.3 Å². The average molecular weight is 380 g/mol. The van der Waals surface area contributed by atoms with Gasteiger partial charge in [0, 0.05) is 5.02 Å². The second-order valence-corrected chi connectivity index (χ2v) is 5.54. The first-order valence-corrected chi connectivity index (χ1v) is 7.26. The highest BCUT2D eigenvalue weighted by atomic mass is 35.5. The van der Waals surface area contributed by atoms with E-state index in [-0.39, 0.29) is 5.75 Å². The van der Waals surface area contributed by atoms with Gasteiger partial charge in [-0.1, -0.05) is 11.6 Å². The first-order valence-electron chi connectivity index (χ1n) is 6.88. The van der Waals surface area contributed by atoms with Crippen molar-refractivity contribution in [3.05, 3.63) is 57.9 Å². The second kappa shape index (κ2) is 7.26. The molecule has 134 valence electrons. The molecule has 2 aromatic carbocycles. The van der Waals surface area contributed by atoms with Gasteiger partial charge in [-0.3, -0.25) is 4.79 Å². The molecule has 1 unspecified atom stereocenters. The van der Waals surface area contributed by atoms with Crippen molar-refractivity contribution < 1.29 is 31.5 Å². The Morgan fingerprint density at radius 3 is 2.08 bits per heavy atom. The summed E-state index contributed by atoms with van der Waals surface area (Å²) >= 11 is 5.78. The van der Waals surface area contributed by atoms with Crippen LogP contribution in [0, 0.1) is 36.0 Å². The lowest BCUT2D eigenvalue weighted by Gasteiger charge is -2.17. The van der Waals surface area contributed by atoms with Crippen molar-refractivity contribution in [3.63, 3.8) is 0 Å². The molecule has 9 heteroatoms. The van der Waals surface area contributed by atoms with Crippen LogP contribution >= 0.6 is 11.6 Å². The van der Waals surface area contributed by atoms with E-state index in [0.29, 0.717) is 10.6 Å². The lowest BCUT2D eigenvalue weighted by Crippen LogP contribution is -2.31. The van der Waals surface area contributed by atoms with Crippen LogP contribution in [-0.4, -0.2) is 12.0 Å². The number of anilines is 1. The summed E-state index contributed by atoms with van der Waals surface area (Å²) in [5, 5.41) is 2.09. The third-order valence-electron chi connectivity index (χ3n) is 3.27. The molecule has 0 heterocycles. The molecule has 0 aliphatic carbocycles. The van der Waals surface area contributed by atoms with E-state index in [1.54, 1.807) is 18.3 Å². The van der Waals surface area contributed by atoms with Gasteiger partial charge in [-0.25, -0.2) is 22.0 Å². The first-order chi connectivity index (χ1) is 11.6. The van der Waals surface area contributed by atoms with Gasteiger partial charge < -0.3 is 10.1 Å². The molecule has 1 N–H and O–H groups in total. The molecular formula is C16H11ClF5NO2. The Bertz CT molecular complexity index is 815. The first kappa shape index (κ1) is 19.0. The van der Waals surface area contributed by atoms with Crippen molar-refractivity contribution in [3.8, 4) is 5.75 Å². The minimum Gasteiger partial charge on any atom is -0.481 e. The van der Waals surface area contributed by atoms with Crippen molar-refractivity contribution in [1.29, 1.82) is 0 Å². The highest BCUT2D eigenvalue weighted by Crippen LogP contribution is 2.28. The van der Waals surface area contributed by atoms with E-state index in [1.165, 1.54) is 19.1 Å². The summed E-state index contributed by atoms with van der Waals surface area (Å²) < 4.78 is 71.7. The number of halogens is 6. The van der Waals surface area contributed by atoms with Gasteiger partial charge in [0.15, 0.2) is 29.4 Å². The maximum atomic E-state index is 13.6. The van der Waals surface area contributed by atoms with Crippen LogP contribution in [0.25, 0.3) is 0 Å². The van der Waals surface area contributed by atoms with Gasteiger partial charge in [0.05, 0.1) is 0 Å². The molecule has 25 heavy (non-hydrogen) atoms. The summed E-state index contributed by atoms with van der Waals surface area (Å²) in [5.74, 6) is -11.7. The SMILES string of the molecule is Cc1cc(Cl)ccc1OC(C)C(=O)Nc1c(F)c(F)c(F)c(F)c1F. The van der Waals surface area contributed by atoms with E-state index in [9.17, 15) is 26.7 Å². The van der Waals surface area contributed by atoms with Gasteiger partial charge in [0.2, 0.25) is 5.82 Å². The predicted octanol–water partition coefficient (Wildman–Crippen LogP) is 4.75. The molecule has 1 atom stereocenters. The van der Waals surface area contributed by atoms with Crippen LogP contribution in [0.2, 0.25) is 5.02 Å². The molecule has 0 aliphatic heterocycles. The van der Waals surface area contributed by atoms with Crippen molar-refractivity contribution in [2.45, 2.75) is 20.0 Å². The Balaban J connectivity index is 2.22. The Hall–Kier alpha value is -2.35. The predicted molar refractivity (Wildman–Crippen MR) is 81.1 cm³/mol. The van der Waals surface area contributed by atoms with Crippen LogP contribution in [0.1, 0.15) is 12.5 Å². The Morgan fingerprint density at radius 2 is 1.56 bits per heavy atom. The number of benzene rings is 2. The third kappa shape index (κ3) is 3.84. The lowest BCUT2D eigenvalue weighted by molar-refractivity contribution is -0.122. The third-order valence-corrected chi connectivity index (χ3v) is 3.50. The maximum Gasteiger partial charge on any atom is 0.265 e. The molecule has 2 rings (SSSR count). The molecule has 0 saturated heterocycles. The summed E-state index contributed by atoms with van der Waals surface area (Å²) in [6.07, 6.45) is -1.28. The normalized spacial score (nSPS) is 12.0. The zero-order valence-corrected chi connectivity index (χ0v) is 13.6. The molecule has 0 bridgehead atoms. The van der Waals surface area contributed by atoms with Gasteiger partial charge in [-0.15, -0.1) is 0 Å². The van der Waals surface area contributed by atoms with Crippen molar-refractivity contribution in [1.82, 2.24) is 0 Å². The van der Waals surface area contributed by atoms with Crippen LogP contribution < -0.4 is 10.1 Å². The minimum atomic E-state index is -2.31. The fourth-order valence-corrected chi connectivity index (χ4v) is 2.16. The number of amides is 1. The van der Waals surface area contributed by atoms with E-state index in [2.05, 4.69) is 0 Å². The topological polar surface area (TPSA) is 38.3 Å². The van der Waals surface area contributed by atoms with Crippen LogP contribution in [-0.2, 0) is 4.79 Å². The highest BCUT2D eigenvalue weighted by molar-refractivity contribution is 6.30. The molecular weight excluding hydrogens is 369 g/mol. The number of nitrogens with one attached hydrogen (secondary N) is 1. The number of ether oxygens (including phenoxy) is 1. The number of rotatable bonds is 4. The molecule has 0 fully saturated rings. The Morgan fingerprint density at radius 1 is 1.04 bits per heavy atom. The molecule has 3 nitrogen and oxygen atoms in total. The van der Waals surface area contributed by atoms with Gasteiger partial charge in [-0.05, 0) is 37.6 Å². The standard InChI is InChI=1S/C16H11ClF5NO2/c1-6-5-8(17)3-4-9(6)25-7(2)16(24)23-15-13(21)11(19)10(18)12(20)14(15)22/h3-5,7H,1-2H3,(H,23,24). The molecule has 0 spiro atoms. The average Bonchev–Trinajstić information content (AvgIpc) is 2.57. The maximum absolute atomic E-state index is 13.6. The van der Waals surface area contributed by atoms with E-state index >= 15 is 0 Å². The van der Waals surface area contributed by atoms with Crippen LogP contribution in [0.4, 0.5) is 27.6 Å². The quantitative estimate of drug-likeness (QED) is 0.473. The number of aryl methyl sites for hydroxylation is 1. The van der Waals surface area contributed by atoms with Gasteiger partial charge in [0.25, 0.3) is 5.91 Å². The monoisotopic (exact) mass is 379 g/mol. The van der Waals surface area contributed by atoms with Crippen LogP contribution in [0.15, 0.2) is 18.2 Å². The summed E-state index contributed by atoms with van der Waals surface area (Å²) in [5.41, 5.74) is -0.854. The fraction of sp³-hybridized carbons (Fsp3) is 0.188. The van der Waals surface area contributed by atoms with Crippen LogP contribution in [0.3, 0.4) is 0 Å². The minimum absolute atomic E-state index is 0.268. The van der Waals surface area contributed by atoms with Crippen LogP contribution in [0.5, 0.6) is 5.75 Å². The van der Waals surface area contributed by atoms with Crippen molar-refractivity contribution >= 4 is 23.2 Å². The number of hydrogen-bond acceptors (Lipinski definition) is 2. The summed E-state index contributed by atoms with van der Waals surface area (Å²) in [6, 6.07) is 4.53. The summed E-state index contributed by atoms with van der Waals surface area (Å²) in [7, 11) is 0. The number of carbonyl (C=O) groups is 1. The molecule has 0 aromatic heterocycles. The number of hydrogen-bond donors (Lipinski definition) is 1. The zero-order chi connectivity index (χ0) is 18.9. The smallest absolute Gasteiger partial charge is 0.265 e. The van der Waals surface area contributed by atoms with E-state index in [1.807, 2.05) is 0 Å². The molecule has 0 radical (unpaired) electrons. The Labute approximate surface area is 144 Å². The lowest BCUT2D eigenvalue weighted by atomic mass is 10.2. The fourth-order valence-electron chi connectivity index (χ4n) is 1.93. The van der Waals surface area contributed by atoms with Gasteiger partial charge in [-0.2, -0.15) is 0 Å². The van der Waals surface area contributed by atoms with E-state index in [0.717, 1.165) is 0 Å². The van der Waals surface area contributed by atoms with Crippen molar-refractivity contribution in [2.24, 2.45) is 0 Å². The molecule has 0 aliphatic rings. The van der Waals surface area contributed by atoms with E-state index < -0.39 is 46.8 Å². The largest absolute Gasteiger partial charge is 0.481 e. The van der Waals surface area contributed by atoms with Crippen molar-refractivity contribution in [2.75, 3.05) is 5.32 Å². The summed E-state index contributed by atoms with van der Waals surface area (Å²) in [6.45, 7) is 2.89. The van der Waals surface area contributed by atoms with Gasteiger partial charge >= 0.3 is 0 Å². The molecule has 1 amide bonds. The molecule has 2 aromatic rings. The molecule has 0 saturated carbocycles. The summed E-state index contributed by atoms with van der Waals surface area (Å²) in [4.78, 5) is 12.0. The zero-order valence-electron chi connectivity index (χ0n) is 12.9. The second-order valence-electron chi connectivity index (χ2n) is 5.10. The number of carbonyl (C=O) groups excluding carboxylic acids is 1. The van der Waals surface area contributed by atoms with Gasteiger partial charge in [0.1, 0.15) is 11.4 Å².